The number of aromatic amines is 1. The number of aliphatic hydroxyl groups is 1. The van der Waals surface area contributed by atoms with Crippen LogP contribution in [0.5, 0.6) is 0 Å². The first-order valence-corrected chi connectivity index (χ1v) is 8.23. The van der Waals surface area contributed by atoms with E-state index in [1.54, 1.807) is 0 Å². The average molecular weight is 301 g/mol. The summed E-state index contributed by atoms with van der Waals surface area (Å²) < 4.78 is 5.61. The second-order valence-electron chi connectivity index (χ2n) is 6.57. The van der Waals surface area contributed by atoms with Crippen LogP contribution in [-0.2, 0) is 11.3 Å². The Labute approximate surface area is 130 Å². The van der Waals surface area contributed by atoms with Crippen LogP contribution in [0.3, 0.4) is 0 Å². The van der Waals surface area contributed by atoms with E-state index >= 15 is 0 Å². The van der Waals surface area contributed by atoms with E-state index in [1.165, 1.54) is 12.0 Å². The number of benzene rings is 1. The first-order valence-electron chi connectivity index (χ1n) is 8.23. The molecule has 0 radical (unpaired) electrons. The van der Waals surface area contributed by atoms with Crippen molar-refractivity contribution in [3.8, 4) is 0 Å². The lowest BCUT2D eigenvalue weighted by molar-refractivity contribution is -0.0636. The van der Waals surface area contributed by atoms with E-state index in [-0.39, 0.29) is 12.0 Å². The first-order chi connectivity index (χ1) is 10.8. The van der Waals surface area contributed by atoms with Crippen molar-refractivity contribution >= 4 is 10.9 Å². The maximum atomic E-state index is 10.3. The molecule has 3 atom stereocenters. The highest BCUT2D eigenvalue weighted by Crippen LogP contribution is 2.31. The minimum atomic E-state index is -0.213. The number of aliphatic hydroxyl groups excluding tert-OH is 1. The minimum Gasteiger partial charge on any atom is -0.393 e. The highest BCUT2D eigenvalue weighted by Gasteiger charge is 2.37. The zero-order valence-electron chi connectivity index (χ0n) is 12.7. The SMILES string of the molecule is OC1CCOCC1C1CCCN1Cc1ccc2cn[nH]c2c1. The third-order valence-electron chi connectivity index (χ3n) is 5.16. The van der Waals surface area contributed by atoms with Gasteiger partial charge in [-0.2, -0.15) is 5.10 Å². The van der Waals surface area contributed by atoms with E-state index in [4.69, 9.17) is 4.74 Å². The Kier molecular flexibility index (Phi) is 3.86. The molecular weight excluding hydrogens is 278 g/mol. The lowest BCUT2D eigenvalue weighted by Gasteiger charge is -2.37. The fraction of sp³-hybridized carbons (Fsp3) is 0.588. The van der Waals surface area contributed by atoms with Gasteiger partial charge in [-0.15, -0.1) is 0 Å². The number of H-pyrrole nitrogens is 1. The Morgan fingerprint density at radius 2 is 2.32 bits per heavy atom. The van der Waals surface area contributed by atoms with Crippen molar-refractivity contribution in [1.82, 2.24) is 15.1 Å². The lowest BCUT2D eigenvalue weighted by atomic mass is 9.89. The van der Waals surface area contributed by atoms with Gasteiger partial charge in [0.25, 0.3) is 0 Å². The van der Waals surface area contributed by atoms with Crippen molar-refractivity contribution in [3.63, 3.8) is 0 Å². The second-order valence-corrected chi connectivity index (χ2v) is 6.57. The maximum Gasteiger partial charge on any atom is 0.0653 e. The van der Waals surface area contributed by atoms with E-state index in [0.717, 1.165) is 36.8 Å². The summed E-state index contributed by atoms with van der Waals surface area (Å²) >= 11 is 0. The molecule has 0 saturated carbocycles. The van der Waals surface area contributed by atoms with Crippen LogP contribution in [0, 0.1) is 5.92 Å². The number of rotatable bonds is 3. The largest absolute Gasteiger partial charge is 0.393 e. The van der Waals surface area contributed by atoms with Crippen LogP contribution in [-0.4, -0.2) is 52.1 Å². The number of fused-ring (bicyclic) bond motifs is 1. The van der Waals surface area contributed by atoms with Gasteiger partial charge in [-0.3, -0.25) is 10.00 Å². The summed E-state index contributed by atoms with van der Waals surface area (Å²) in [6, 6.07) is 6.93. The third-order valence-corrected chi connectivity index (χ3v) is 5.16. The molecule has 2 aromatic rings. The highest BCUT2D eigenvalue weighted by atomic mass is 16.5. The van der Waals surface area contributed by atoms with Crippen LogP contribution in [0.1, 0.15) is 24.8 Å². The number of hydrogen-bond donors (Lipinski definition) is 2. The van der Waals surface area contributed by atoms with Crippen molar-refractivity contribution in [2.75, 3.05) is 19.8 Å². The van der Waals surface area contributed by atoms with E-state index in [9.17, 15) is 5.11 Å². The van der Waals surface area contributed by atoms with Crippen LogP contribution in [0.25, 0.3) is 10.9 Å². The third kappa shape index (κ3) is 2.64. The van der Waals surface area contributed by atoms with Gasteiger partial charge in [0.05, 0.1) is 24.4 Å². The molecule has 22 heavy (non-hydrogen) atoms. The maximum absolute atomic E-state index is 10.3. The molecule has 2 saturated heterocycles. The molecular formula is C17H23N3O2. The van der Waals surface area contributed by atoms with Crippen molar-refractivity contribution in [3.05, 3.63) is 30.0 Å². The number of ether oxygens (including phenoxy) is 1. The zero-order chi connectivity index (χ0) is 14.9. The molecule has 5 nitrogen and oxygen atoms in total. The molecule has 4 rings (SSSR count). The molecule has 1 aromatic heterocycles. The van der Waals surface area contributed by atoms with Crippen molar-refractivity contribution in [2.24, 2.45) is 5.92 Å². The molecule has 3 unspecified atom stereocenters. The molecule has 2 fully saturated rings. The normalized spacial score (nSPS) is 30.1. The topological polar surface area (TPSA) is 61.4 Å². The fourth-order valence-corrected chi connectivity index (χ4v) is 3.97. The van der Waals surface area contributed by atoms with Gasteiger partial charge in [-0.25, -0.2) is 0 Å². The predicted molar refractivity (Wildman–Crippen MR) is 84.5 cm³/mol. The standard InChI is InChI=1S/C17H23N3O2/c21-17-5-7-22-11-14(17)16-2-1-6-20(16)10-12-3-4-13-9-18-19-15(13)8-12/h3-4,8-9,14,16-17,21H,1-2,5-7,10-11H2,(H,18,19). The fourth-order valence-electron chi connectivity index (χ4n) is 3.97. The monoisotopic (exact) mass is 301 g/mol. The second kappa shape index (κ2) is 5.99. The van der Waals surface area contributed by atoms with E-state index < -0.39 is 0 Å². The van der Waals surface area contributed by atoms with Crippen LogP contribution in [0.2, 0.25) is 0 Å². The van der Waals surface area contributed by atoms with E-state index in [2.05, 4.69) is 33.3 Å². The summed E-state index contributed by atoms with van der Waals surface area (Å²) in [6.45, 7) is 3.43. The number of nitrogens with one attached hydrogen (secondary N) is 1. The van der Waals surface area contributed by atoms with Gasteiger partial charge in [0.15, 0.2) is 0 Å². The molecule has 2 aliphatic heterocycles. The zero-order valence-corrected chi connectivity index (χ0v) is 12.7. The number of nitrogens with zero attached hydrogens (tertiary/aromatic N) is 2. The molecule has 3 heterocycles. The van der Waals surface area contributed by atoms with Gasteiger partial charge in [0.2, 0.25) is 0 Å². The summed E-state index contributed by atoms with van der Waals surface area (Å²) in [6.07, 6.45) is 4.79. The van der Waals surface area contributed by atoms with Crippen LogP contribution in [0.15, 0.2) is 24.4 Å². The molecule has 118 valence electrons. The number of likely N-dealkylation sites (tertiary alicyclic amines) is 1. The Hall–Kier alpha value is -1.43. The lowest BCUT2D eigenvalue weighted by Crippen LogP contribution is -2.45. The van der Waals surface area contributed by atoms with Gasteiger partial charge in [-0.05, 0) is 37.4 Å². The summed E-state index contributed by atoms with van der Waals surface area (Å²) in [5, 5.41) is 18.6. The summed E-state index contributed by atoms with van der Waals surface area (Å²) in [4.78, 5) is 2.51. The van der Waals surface area contributed by atoms with E-state index in [1.807, 2.05) is 6.20 Å². The average Bonchev–Trinajstić information content (AvgIpc) is 3.16. The van der Waals surface area contributed by atoms with Gasteiger partial charge >= 0.3 is 0 Å². The molecule has 2 aliphatic rings. The quantitative estimate of drug-likeness (QED) is 0.909. The van der Waals surface area contributed by atoms with Crippen molar-refractivity contribution in [1.29, 1.82) is 0 Å². The molecule has 2 N–H and O–H groups in total. The smallest absolute Gasteiger partial charge is 0.0653 e. The van der Waals surface area contributed by atoms with Gasteiger partial charge in [-0.1, -0.05) is 12.1 Å². The Morgan fingerprint density at radius 3 is 3.23 bits per heavy atom. The Bertz CT molecular complexity index is 642. The van der Waals surface area contributed by atoms with Crippen LogP contribution >= 0.6 is 0 Å². The molecule has 5 heteroatoms. The first kappa shape index (κ1) is 14.2. The predicted octanol–water partition coefficient (Wildman–Crippen LogP) is 1.92. The summed E-state index contributed by atoms with van der Waals surface area (Å²) in [5.74, 6) is 0.257. The van der Waals surface area contributed by atoms with Gasteiger partial charge in [0, 0.05) is 30.5 Å². The molecule has 0 amide bonds. The van der Waals surface area contributed by atoms with E-state index in [0.29, 0.717) is 19.3 Å². The highest BCUT2D eigenvalue weighted by molar-refractivity contribution is 5.78. The molecule has 0 bridgehead atoms. The number of hydrogen-bond acceptors (Lipinski definition) is 4. The molecule has 0 spiro atoms. The van der Waals surface area contributed by atoms with Crippen molar-refractivity contribution in [2.45, 2.75) is 38.0 Å². The van der Waals surface area contributed by atoms with Crippen molar-refractivity contribution < 1.29 is 9.84 Å². The Morgan fingerprint density at radius 1 is 1.36 bits per heavy atom. The van der Waals surface area contributed by atoms with Gasteiger partial charge in [0.1, 0.15) is 0 Å². The number of aromatic nitrogens is 2. The van der Waals surface area contributed by atoms with Gasteiger partial charge < -0.3 is 9.84 Å². The Balaban J connectivity index is 1.50. The summed E-state index contributed by atoms with van der Waals surface area (Å²) in [5.41, 5.74) is 2.39. The minimum absolute atomic E-state index is 0.213. The van der Waals surface area contributed by atoms with Crippen LogP contribution < -0.4 is 0 Å². The molecule has 0 aliphatic carbocycles. The van der Waals surface area contributed by atoms with Crippen LogP contribution in [0.4, 0.5) is 0 Å². The molecule has 1 aromatic carbocycles. The summed E-state index contributed by atoms with van der Waals surface area (Å²) in [7, 11) is 0.